The fraction of sp³-hybridized carbons (Fsp3) is 0.562. The van der Waals surface area contributed by atoms with Crippen molar-refractivity contribution >= 4 is 28.4 Å². The number of halogens is 1. The van der Waals surface area contributed by atoms with Crippen LogP contribution in [0.4, 0.5) is 4.79 Å². The third-order valence-corrected chi connectivity index (χ3v) is 5.20. The molecule has 2 N–H and O–H groups in total. The van der Waals surface area contributed by atoms with E-state index >= 15 is 0 Å². The summed E-state index contributed by atoms with van der Waals surface area (Å²) in [6, 6.07) is 7.28. The van der Waals surface area contributed by atoms with Gasteiger partial charge in [0, 0.05) is 33.9 Å². The van der Waals surface area contributed by atoms with Gasteiger partial charge >= 0.3 is 6.03 Å². The van der Waals surface area contributed by atoms with Crippen molar-refractivity contribution in [3.8, 4) is 0 Å². The molecule has 2 amide bonds. The van der Waals surface area contributed by atoms with E-state index in [4.69, 9.17) is 11.6 Å². The van der Waals surface area contributed by atoms with Crippen LogP contribution in [-0.4, -0.2) is 28.3 Å². The minimum atomic E-state index is -0.923. The Kier molecular flexibility index (Phi) is 5.87. The maximum atomic E-state index is 12.2. The van der Waals surface area contributed by atoms with Gasteiger partial charge in [0.15, 0.2) is 0 Å². The van der Waals surface area contributed by atoms with Crippen molar-refractivity contribution in [2.45, 2.75) is 32.4 Å². The van der Waals surface area contributed by atoms with Crippen LogP contribution in [0.5, 0.6) is 0 Å². The summed E-state index contributed by atoms with van der Waals surface area (Å²) in [7, 11) is -0.923. The van der Waals surface area contributed by atoms with Crippen LogP contribution in [0.15, 0.2) is 24.3 Å². The highest BCUT2D eigenvalue weighted by molar-refractivity contribution is 7.84. The van der Waals surface area contributed by atoms with Crippen LogP contribution in [0.1, 0.15) is 31.9 Å². The SMILES string of the molecule is CC(CS(C)=O)NC(=O)NC(c1ccc(Cl)cc1)C1CC1C. The van der Waals surface area contributed by atoms with Gasteiger partial charge in [0.05, 0.1) is 6.04 Å². The highest BCUT2D eigenvalue weighted by atomic mass is 35.5. The molecule has 1 aliphatic rings. The van der Waals surface area contributed by atoms with Crippen molar-refractivity contribution in [3.63, 3.8) is 0 Å². The summed E-state index contributed by atoms with van der Waals surface area (Å²) in [5.74, 6) is 1.53. The molecule has 1 aromatic carbocycles. The van der Waals surface area contributed by atoms with E-state index < -0.39 is 10.8 Å². The number of amides is 2. The molecular weight excluding hydrogens is 320 g/mol. The van der Waals surface area contributed by atoms with E-state index in [1.165, 1.54) is 0 Å². The van der Waals surface area contributed by atoms with E-state index in [2.05, 4.69) is 17.6 Å². The fourth-order valence-corrected chi connectivity index (χ4v) is 3.64. The van der Waals surface area contributed by atoms with Gasteiger partial charge in [-0.1, -0.05) is 30.7 Å². The standard InChI is InChI=1S/C16H23ClN2O2S/c1-10-8-14(10)15(12-4-6-13(17)7-5-12)19-16(20)18-11(2)9-22(3)21/h4-7,10-11,14-15H,8-9H2,1-3H3,(H2,18,19,20). The lowest BCUT2D eigenvalue weighted by Crippen LogP contribution is -2.44. The number of benzene rings is 1. The van der Waals surface area contributed by atoms with Crippen LogP contribution in [0.2, 0.25) is 5.02 Å². The Morgan fingerprint density at radius 1 is 1.36 bits per heavy atom. The van der Waals surface area contributed by atoms with Gasteiger partial charge in [-0.2, -0.15) is 0 Å². The topological polar surface area (TPSA) is 58.2 Å². The molecule has 4 nitrogen and oxygen atoms in total. The molecule has 122 valence electrons. The van der Waals surface area contributed by atoms with Gasteiger partial charge in [-0.3, -0.25) is 4.21 Å². The minimum Gasteiger partial charge on any atom is -0.335 e. The van der Waals surface area contributed by atoms with Gasteiger partial charge in [0.25, 0.3) is 0 Å². The van der Waals surface area contributed by atoms with Gasteiger partial charge < -0.3 is 10.6 Å². The molecule has 5 unspecified atom stereocenters. The zero-order valence-corrected chi connectivity index (χ0v) is 14.7. The number of hydrogen-bond donors (Lipinski definition) is 2. The first-order valence-electron chi connectivity index (χ1n) is 7.49. The summed E-state index contributed by atoms with van der Waals surface area (Å²) in [6.45, 7) is 4.05. The van der Waals surface area contributed by atoms with E-state index in [9.17, 15) is 9.00 Å². The molecule has 0 aromatic heterocycles. The molecule has 0 aliphatic heterocycles. The molecule has 0 heterocycles. The molecule has 0 spiro atoms. The summed E-state index contributed by atoms with van der Waals surface area (Å²) < 4.78 is 11.2. The number of carbonyl (C=O) groups excluding carboxylic acids is 1. The maximum Gasteiger partial charge on any atom is 0.315 e. The number of hydrogen-bond acceptors (Lipinski definition) is 2. The third-order valence-electron chi connectivity index (χ3n) is 3.98. The molecule has 2 rings (SSSR count). The monoisotopic (exact) mass is 342 g/mol. The predicted molar refractivity (Wildman–Crippen MR) is 91.5 cm³/mol. The second kappa shape index (κ2) is 7.47. The number of rotatable bonds is 6. The van der Waals surface area contributed by atoms with Crippen LogP contribution in [0, 0.1) is 11.8 Å². The van der Waals surface area contributed by atoms with Gasteiger partial charge in [0.2, 0.25) is 0 Å². The number of urea groups is 1. The summed E-state index contributed by atoms with van der Waals surface area (Å²) in [5.41, 5.74) is 1.07. The Morgan fingerprint density at radius 2 is 1.95 bits per heavy atom. The second-order valence-electron chi connectivity index (χ2n) is 6.16. The van der Waals surface area contributed by atoms with Crippen molar-refractivity contribution < 1.29 is 9.00 Å². The summed E-state index contributed by atoms with van der Waals surface area (Å²) in [4.78, 5) is 12.2. The average molecular weight is 343 g/mol. The fourth-order valence-electron chi connectivity index (χ4n) is 2.72. The number of carbonyl (C=O) groups is 1. The summed E-state index contributed by atoms with van der Waals surface area (Å²) in [5, 5.41) is 6.60. The number of nitrogens with one attached hydrogen (secondary N) is 2. The molecule has 1 saturated carbocycles. The Labute approximate surface area is 139 Å². The lowest BCUT2D eigenvalue weighted by atomic mass is 10.0. The Hall–Kier alpha value is -1.07. The Bertz CT molecular complexity index is 550. The highest BCUT2D eigenvalue weighted by Crippen LogP contribution is 2.47. The van der Waals surface area contributed by atoms with E-state index in [-0.39, 0.29) is 18.1 Å². The molecule has 1 aromatic rings. The minimum absolute atomic E-state index is 0.00779. The molecule has 1 aliphatic carbocycles. The normalized spacial score (nSPS) is 24.2. The van der Waals surface area contributed by atoms with Gasteiger partial charge in [0.1, 0.15) is 0 Å². The zero-order chi connectivity index (χ0) is 16.3. The van der Waals surface area contributed by atoms with Crippen molar-refractivity contribution in [1.29, 1.82) is 0 Å². The Balaban J connectivity index is 2.00. The maximum absolute atomic E-state index is 12.2. The Morgan fingerprint density at radius 3 is 2.45 bits per heavy atom. The molecule has 5 atom stereocenters. The molecule has 6 heteroatoms. The van der Waals surface area contributed by atoms with Crippen molar-refractivity contribution in [1.82, 2.24) is 10.6 Å². The lowest BCUT2D eigenvalue weighted by Gasteiger charge is -2.21. The van der Waals surface area contributed by atoms with E-state index in [1.54, 1.807) is 6.26 Å². The van der Waals surface area contributed by atoms with Crippen LogP contribution in [0.3, 0.4) is 0 Å². The van der Waals surface area contributed by atoms with Crippen LogP contribution in [-0.2, 0) is 10.8 Å². The molecule has 22 heavy (non-hydrogen) atoms. The van der Waals surface area contributed by atoms with Crippen LogP contribution < -0.4 is 10.6 Å². The second-order valence-corrected chi connectivity index (χ2v) is 8.08. The first kappa shape index (κ1) is 17.3. The van der Waals surface area contributed by atoms with Gasteiger partial charge in [-0.15, -0.1) is 0 Å². The van der Waals surface area contributed by atoms with Gasteiger partial charge in [-0.25, -0.2) is 4.79 Å². The largest absolute Gasteiger partial charge is 0.335 e. The molecule has 0 radical (unpaired) electrons. The third kappa shape index (κ3) is 4.99. The van der Waals surface area contributed by atoms with Crippen molar-refractivity contribution in [2.24, 2.45) is 11.8 Å². The van der Waals surface area contributed by atoms with Crippen LogP contribution >= 0.6 is 11.6 Å². The molecule has 0 bridgehead atoms. The van der Waals surface area contributed by atoms with E-state index in [1.807, 2.05) is 31.2 Å². The van der Waals surface area contributed by atoms with Crippen molar-refractivity contribution in [2.75, 3.05) is 12.0 Å². The van der Waals surface area contributed by atoms with E-state index in [0.717, 1.165) is 12.0 Å². The predicted octanol–water partition coefficient (Wildman–Crippen LogP) is 3.10. The van der Waals surface area contributed by atoms with Crippen molar-refractivity contribution in [3.05, 3.63) is 34.9 Å². The quantitative estimate of drug-likeness (QED) is 0.834. The highest BCUT2D eigenvalue weighted by Gasteiger charge is 2.41. The summed E-state index contributed by atoms with van der Waals surface area (Å²) in [6.07, 6.45) is 2.75. The smallest absolute Gasteiger partial charge is 0.315 e. The van der Waals surface area contributed by atoms with Crippen LogP contribution in [0.25, 0.3) is 0 Å². The first-order valence-corrected chi connectivity index (χ1v) is 9.60. The van der Waals surface area contributed by atoms with Gasteiger partial charge in [-0.05, 0) is 42.9 Å². The molecular formula is C16H23ClN2O2S. The zero-order valence-electron chi connectivity index (χ0n) is 13.1. The molecule has 1 fully saturated rings. The summed E-state index contributed by atoms with van der Waals surface area (Å²) >= 11 is 5.93. The van der Waals surface area contributed by atoms with E-state index in [0.29, 0.717) is 22.6 Å². The first-order chi connectivity index (χ1) is 10.4. The lowest BCUT2D eigenvalue weighted by molar-refractivity contribution is 0.233. The average Bonchev–Trinajstić information content (AvgIpc) is 3.13. The molecule has 0 saturated heterocycles.